The first-order chi connectivity index (χ1) is 15.8. The first-order valence-electron chi connectivity index (χ1n) is 10.4. The van der Waals surface area contributed by atoms with Crippen molar-refractivity contribution in [1.29, 1.82) is 0 Å². The molecule has 168 valence electrons. The van der Waals surface area contributed by atoms with Crippen molar-refractivity contribution in [2.24, 2.45) is 5.73 Å². The third-order valence-corrected chi connectivity index (χ3v) is 6.70. The number of amides is 2. The van der Waals surface area contributed by atoms with Gasteiger partial charge in [-0.1, -0.05) is 12.1 Å². The number of phenolic OH excluding ortho intramolecular Hbond substituents is 1. The number of phenols is 1. The molecule has 33 heavy (non-hydrogen) atoms. The number of hydrogen-bond acceptors (Lipinski definition) is 5. The van der Waals surface area contributed by atoms with E-state index in [-0.39, 0.29) is 22.5 Å². The summed E-state index contributed by atoms with van der Waals surface area (Å²) in [5.74, 6) is 0.102. The molecule has 5 N–H and O–H groups in total. The number of halogens is 1. The Balaban J connectivity index is 1.59. The predicted octanol–water partition coefficient (Wildman–Crippen LogP) is 2.67. The Morgan fingerprint density at radius 2 is 2.03 bits per heavy atom. The number of hydrogen-bond donors (Lipinski definition) is 4. The maximum atomic E-state index is 12.8. The van der Waals surface area contributed by atoms with Gasteiger partial charge in [-0.3, -0.25) is 9.59 Å². The number of aromatic hydroxyl groups is 1. The highest BCUT2D eigenvalue weighted by atomic mass is 35.5. The van der Waals surface area contributed by atoms with E-state index < -0.39 is 17.0 Å². The number of nitrogens with zero attached hydrogens (tertiary/aromatic N) is 2. The van der Waals surface area contributed by atoms with E-state index in [1.54, 1.807) is 41.3 Å². The largest absolute Gasteiger partial charge is 0.508 e. The summed E-state index contributed by atoms with van der Waals surface area (Å²) in [7, 11) is 0. The third-order valence-electron chi connectivity index (χ3n) is 6.22. The molecule has 0 bridgehead atoms. The molecule has 3 heterocycles. The van der Waals surface area contributed by atoms with Gasteiger partial charge in [0, 0.05) is 24.4 Å². The lowest BCUT2D eigenvalue weighted by Crippen LogP contribution is -2.33. The average molecular weight is 466 g/mol. The van der Waals surface area contributed by atoms with Crippen molar-refractivity contribution in [3.63, 3.8) is 0 Å². The van der Waals surface area contributed by atoms with Crippen molar-refractivity contribution in [1.82, 2.24) is 20.1 Å². The van der Waals surface area contributed by atoms with Crippen molar-refractivity contribution >= 4 is 39.4 Å². The molecule has 2 atom stereocenters. The minimum Gasteiger partial charge on any atom is -0.508 e. The quantitative estimate of drug-likeness (QED) is 0.271. The lowest BCUT2D eigenvalue weighted by Gasteiger charge is -2.20. The van der Waals surface area contributed by atoms with Crippen LogP contribution >= 0.6 is 11.6 Å². The second-order valence-electron chi connectivity index (χ2n) is 8.19. The molecule has 0 radical (unpaired) electrons. The SMILES string of the molecule is NC(=O)N1CCC(c2cc(O)ccc2C(Cl)c2ccc3c(=O)c4c(=O)[nH]ncc4[nH]c3c2)C1. The van der Waals surface area contributed by atoms with E-state index in [1.165, 1.54) is 6.20 Å². The minimum absolute atomic E-state index is 0.0112. The molecular weight excluding hydrogens is 446 g/mol. The molecular formula is C23H20ClN5O4. The Morgan fingerprint density at radius 3 is 2.79 bits per heavy atom. The fourth-order valence-corrected chi connectivity index (χ4v) is 4.89. The van der Waals surface area contributed by atoms with Gasteiger partial charge in [0.05, 0.1) is 22.6 Å². The van der Waals surface area contributed by atoms with Crippen LogP contribution in [0.5, 0.6) is 5.75 Å². The molecule has 1 saturated heterocycles. The summed E-state index contributed by atoms with van der Waals surface area (Å²) in [5.41, 5.74) is 7.73. The number of likely N-dealkylation sites (tertiary alicyclic amines) is 1. The van der Waals surface area contributed by atoms with Crippen molar-refractivity contribution in [3.05, 3.63) is 79.9 Å². The van der Waals surface area contributed by atoms with Crippen LogP contribution in [0.2, 0.25) is 0 Å². The number of carbonyl (C=O) groups excluding carboxylic acids is 1. The number of primary amides is 1. The summed E-state index contributed by atoms with van der Waals surface area (Å²) in [6, 6.07) is 9.71. The molecule has 0 saturated carbocycles. The Bertz CT molecular complexity index is 1530. The summed E-state index contributed by atoms with van der Waals surface area (Å²) in [4.78, 5) is 41.1. The first kappa shape index (κ1) is 21.0. The highest BCUT2D eigenvalue weighted by Gasteiger charge is 2.29. The number of alkyl halides is 1. The smallest absolute Gasteiger partial charge is 0.314 e. The monoisotopic (exact) mass is 465 g/mol. The second kappa shape index (κ2) is 7.93. The predicted molar refractivity (Wildman–Crippen MR) is 125 cm³/mol. The van der Waals surface area contributed by atoms with Crippen LogP contribution in [0.1, 0.15) is 34.4 Å². The number of aromatic amines is 2. The summed E-state index contributed by atoms with van der Waals surface area (Å²) in [6.07, 6.45) is 2.10. The van der Waals surface area contributed by atoms with Gasteiger partial charge in [0.15, 0.2) is 0 Å². The van der Waals surface area contributed by atoms with E-state index in [0.717, 1.165) is 16.7 Å². The second-order valence-corrected chi connectivity index (χ2v) is 8.63. The van der Waals surface area contributed by atoms with Crippen molar-refractivity contribution in [2.45, 2.75) is 17.7 Å². The van der Waals surface area contributed by atoms with E-state index in [1.807, 2.05) is 0 Å². The molecule has 4 aromatic rings. The van der Waals surface area contributed by atoms with Crippen LogP contribution < -0.4 is 16.7 Å². The van der Waals surface area contributed by atoms with E-state index in [2.05, 4.69) is 15.2 Å². The lowest BCUT2D eigenvalue weighted by atomic mass is 9.89. The van der Waals surface area contributed by atoms with Crippen LogP contribution in [0.3, 0.4) is 0 Å². The number of H-pyrrole nitrogens is 2. The number of fused-ring (bicyclic) bond motifs is 2. The summed E-state index contributed by atoms with van der Waals surface area (Å²) >= 11 is 6.90. The van der Waals surface area contributed by atoms with Crippen molar-refractivity contribution in [2.75, 3.05) is 13.1 Å². The van der Waals surface area contributed by atoms with Gasteiger partial charge in [-0.2, -0.15) is 5.10 Å². The molecule has 10 heteroatoms. The molecule has 0 aliphatic carbocycles. The number of aromatic nitrogens is 3. The van der Waals surface area contributed by atoms with Gasteiger partial charge in [0.1, 0.15) is 11.1 Å². The average Bonchev–Trinajstić information content (AvgIpc) is 3.29. The summed E-state index contributed by atoms with van der Waals surface area (Å²) < 4.78 is 0. The molecule has 5 rings (SSSR count). The zero-order valence-corrected chi connectivity index (χ0v) is 18.1. The van der Waals surface area contributed by atoms with Gasteiger partial charge >= 0.3 is 6.03 Å². The van der Waals surface area contributed by atoms with Gasteiger partial charge in [0.2, 0.25) is 5.43 Å². The van der Waals surface area contributed by atoms with Gasteiger partial charge < -0.3 is 20.7 Å². The molecule has 2 aromatic carbocycles. The van der Waals surface area contributed by atoms with E-state index in [0.29, 0.717) is 35.9 Å². The molecule has 2 aromatic heterocycles. The first-order valence-corrected chi connectivity index (χ1v) is 10.8. The molecule has 2 unspecified atom stereocenters. The van der Waals surface area contributed by atoms with Gasteiger partial charge in [-0.05, 0) is 47.4 Å². The normalized spacial score (nSPS) is 17.0. The topological polar surface area (TPSA) is 145 Å². The lowest BCUT2D eigenvalue weighted by molar-refractivity contribution is 0.218. The Kier molecular flexibility index (Phi) is 5.05. The zero-order chi connectivity index (χ0) is 23.3. The number of nitrogens with two attached hydrogens (primary N) is 1. The highest BCUT2D eigenvalue weighted by Crippen LogP contribution is 2.39. The Hall–Kier alpha value is -3.85. The molecule has 0 spiro atoms. The van der Waals surface area contributed by atoms with Crippen LogP contribution in [0, 0.1) is 0 Å². The molecule has 1 fully saturated rings. The van der Waals surface area contributed by atoms with Gasteiger partial charge in [0.25, 0.3) is 5.56 Å². The molecule has 1 aliphatic heterocycles. The van der Waals surface area contributed by atoms with E-state index >= 15 is 0 Å². The van der Waals surface area contributed by atoms with Crippen molar-refractivity contribution in [3.8, 4) is 5.75 Å². The number of nitrogens with one attached hydrogen (secondary N) is 2. The number of urea groups is 1. The van der Waals surface area contributed by atoms with Gasteiger partial charge in [-0.15, -0.1) is 11.6 Å². The molecule has 9 nitrogen and oxygen atoms in total. The fourth-order valence-electron chi connectivity index (χ4n) is 4.56. The Morgan fingerprint density at radius 1 is 1.21 bits per heavy atom. The fraction of sp³-hybridized carbons (Fsp3) is 0.217. The molecule has 1 aliphatic rings. The Labute approximate surface area is 191 Å². The van der Waals surface area contributed by atoms with E-state index in [9.17, 15) is 19.5 Å². The number of rotatable bonds is 3. The van der Waals surface area contributed by atoms with Gasteiger partial charge in [-0.25, -0.2) is 9.89 Å². The number of benzene rings is 2. The minimum atomic E-state index is -0.580. The maximum Gasteiger partial charge on any atom is 0.314 e. The molecule has 2 amide bonds. The van der Waals surface area contributed by atoms with Crippen LogP contribution in [-0.2, 0) is 0 Å². The highest BCUT2D eigenvalue weighted by molar-refractivity contribution is 6.23. The number of pyridine rings is 1. The summed E-state index contributed by atoms with van der Waals surface area (Å²) in [5, 5.41) is 15.9. The van der Waals surface area contributed by atoms with Crippen LogP contribution in [0.15, 0.2) is 52.2 Å². The van der Waals surface area contributed by atoms with Crippen molar-refractivity contribution < 1.29 is 9.90 Å². The zero-order valence-electron chi connectivity index (χ0n) is 17.3. The van der Waals surface area contributed by atoms with E-state index in [4.69, 9.17) is 17.3 Å². The standard InChI is InChI=1S/C23H20ClN5O4/c24-20(14-4-2-13(30)8-16(14)12-5-6-29(10-12)23(25)33)11-1-3-15-17(7-11)27-18-9-26-28-22(32)19(18)21(15)31/h1-4,7-9,12,20,30H,5-6,10H2,(H2,25,33)(H,27,31)(H,28,32). The maximum absolute atomic E-state index is 12.8. The third kappa shape index (κ3) is 3.60. The van der Waals surface area contributed by atoms with Crippen LogP contribution in [0.25, 0.3) is 21.8 Å². The van der Waals surface area contributed by atoms with Crippen LogP contribution in [-0.4, -0.2) is 44.3 Å². The number of carbonyl (C=O) groups is 1. The summed E-state index contributed by atoms with van der Waals surface area (Å²) in [6.45, 7) is 0.994. The van der Waals surface area contributed by atoms with Crippen LogP contribution in [0.4, 0.5) is 4.79 Å².